The average Bonchev–Trinajstić information content (AvgIpc) is 2.51. The van der Waals surface area contributed by atoms with Crippen molar-refractivity contribution in [2.24, 2.45) is 0 Å². The van der Waals surface area contributed by atoms with E-state index in [-0.39, 0.29) is 30.2 Å². The lowest BCUT2D eigenvalue weighted by molar-refractivity contribution is -0.116. The summed E-state index contributed by atoms with van der Waals surface area (Å²) in [6.45, 7) is 2.20. The highest BCUT2D eigenvalue weighted by Gasteiger charge is 2.13. The maximum absolute atomic E-state index is 11.9. The Labute approximate surface area is 142 Å². The summed E-state index contributed by atoms with van der Waals surface area (Å²) in [5, 5.41) is 11.7. The summed E-state index contributed by atoms with van der Waals surface area (Å²) >= 11 is 3.21. The quantitative estimate of drug-likeness (QED) is 0.801. The SMILES string of the molecule is Cc1ccc(OCCC(=O)Nc2ccc(Br)cc2C(=O)O)cc1. The molecule has 2 aromatic rings. The highest BCUT2D eigenvalue weighted by atomic mass is 79.9. The number of amides is 1. The molecule has 2 aromatic carbocycles. The smallest absolute Gasteiger partial charge is 0.337 e. The van der Waals surface area contributed by atoms with Gasteiger partial charge in [0.15, 0.2) is 0 Å². The van der Waals surface area contributed by atoms with Gasteiger partial charge in [-0.25, -0.2) is 4.79 Å². The van der Waals surface area contributed by atoms with Crippen LogP contribution in [0.1, 0.15) is 22.3 Å². The first-order chi connectivity index (χ1) is 11.0. The molecular formula is C17H16BrNO4. The number of ether oxygens (including phenoxy) is 1. The van der Waals surface area contributed by atoms with E-state index in [1.807, 2.05) is 31.2 Å². The van der Waals surface area contributed by atoms with E-state index in [4.69, 9.17) is 9.84 Å². The molecule has 0 aliphatic rings. The number of aryl methyl sites for hydroxylation is 1. The van der Waals surface area contributed by atoms with Crippen molar-refractivity contribution in [1.29, 1.82) is 0 Å². The first-order valence-electron chi connectivity index (χ1n) is 6.98. The topological polar surface area (TPSA) is 75.6 Å². The van der Waals surface area contributed by atoms with E-state index < -0.39 is 5.97 Å². The summed E-state index contributed by atoms with van der Waals surface area (Å²) in [6.07, 6.45) is 0.128. The van der Waals surface area contributed by atoms with E-state index in [1.165, 1.54) is 6.07 Å². The zero-order valence-electron chi connectivity index (χ0n) is 12.5. The van der Waals surface area contributed by atoms with Crippen LogP contribution in [0.2, 0.25) is 0 Å². The summed E-state index contributed by atoms with van der Waals surface area (Å²) in [4.78, 5) is 23.1. The number of hydrogen-bond acceptors (Lipinski definition) is 3. The van der Waals surface area contributed by atoms with Gasteiger partial charge in [-0.1, -0.05) is 33.6 Å². The standard InChI is InChI=1S/C17H16BrNO4/c1-11-2-5-13(6-3-11)23-9-8-16(20)19-15-7-4-12(18)10-14(15)17(21)22/h2-7,10H,8-9H2,1H3,(H,19,20)(H,21,22). The molecule has 2 N–H and O–H groups in total. The molecule has 0 unspecified atom stereocenters. The number of hydrogen-bond donors (Lipinski definition) is 2. The van der Waals surface area contributed by atoms with Crippen LogP contribution in [0.25, 0.3) is 0 Å². The van der Waals surface area contributed by atoms with E-state index in [2.05, 4.69) is 21.2 Å². The van der Waals surface area contributed by atoms with Crippen molar-refractivity contribution in [3.63, 3.8) is 0 Å². The fourth-order valence-electron chi connectivity index (χ4n) is 1.91. The number of carboxylic acids is 1. The molecule has 0 spiro atoms. The van der Waals surface area contributed by atoms with Crippen LogP contribution in [0.4, 0.5) is 5.69 Å². The number of aromatic carboxylic acids is 1. The Morgan fingerprint density at radius 2 is 1.87 bits per heavy atom. The monoisotopic (exact) mass is 377 g/mol. The molecule has 0 heterocycles. The fraction of sp³-hybridized carbons (Fsp3) is 0.176. The largest absolute Gasteiger partial charge is 0.493 e. The van der Waals surface area contributed by atoms with Crippen LogP contribution in [0.5, 0.6) is 5.75 Å². The van der Waals surface area contributed by atoms with E-state index >= 15 is 0 Å². The Bertz CT molecular complexity index is 713. The lowest BCUT2D eigenvalue weighted by Crippen LogP contribution is -2.17. The van der Waals surface area contributed by atoms with Gasteiger partial charge in [0, 0.05) is 4.47 Å². The third-order valence-electron chi connectivity index (χ3n) is 3.10. The minimum absolute atomic E-state index is 0.0344. The molecule has 0 aliphatic heterocycles. The average molecular weight is 378 g/mol. The molecule has 0 radical (unpaired) electrons. The molecule has 0 bridgehead atoms. The molecule has 6 heteroatoms. The minimum atomic E-state index is -1.10. The summed E-state index contributed by atoms with van der Waals surface area (Å²) in [6, 6.07) is 12.2. The van der Waals surface area contributed by atoms with Gasteiger partial charge < -0.3 is 15.2 Å². The predicted molar refractivity (Wildman–Crippen MR) is 91.0 cm³/mol. The van der Waals surface area contributed by atoms with Crippen molar-refractivity contribution in [3.05, 3.63) is 58.1 Å². The zero-order valence-corrected chi connectivity index (χ0v) is 14.1. The molecule has 2 rings (SSSR count). The third-order valence-corrected chi connectivity index (χ3v) is 3.60. The van der Waals surface area contributed by atoms with E-state index in [9.17, 15) is 9.59 Å². The van der Waals surface area contributed by atoms with Crippen molar-refractivity contribution < 1.29 is 19.4 Å². The maximum Gasteiger partial charge on any atom is 0.337 e. The van der Waals surface area contributed by atoms with E-state index in [0.717, 1.165) is 5.56 Å². The van der Waals surface area contributed by atoms with Crippen LogP contribution < -0.4 is 10.1 Å². The van der Waals surface area contributed by atoms with Gasteiger partial charge in [-0.2, -0.15) is 0 Å². The van der Waals surface area contributed by atoms with Gasteiger partial charge in [0.2, 0.25) is 5.91 Å². The molecule has 5 nitrogen and oxygen atoms in total. The van der Waals surface area contributed by atoms with Gasteiger partial charge in [-0.05, 0) is 37.3 Å². The van der Waals surface area contributed by atoms with Crippen LogP contribution in [0.15, 0.2) is 46.9 Å². The first kappa shape index (κ1) is 17.0. The normalized spacial score (nSPS) is 10.2. The summed E-state index contributed by atoms with van der Waals surface area (Å²) < 4.78 is 6.12. The highest BCUT2D eigenvalue weighted by Crippen LogP contribution is 2.21. The van der Waals surface area contributed by atoms with Crippen molar-refractivity contribution in [3.8, 4) is 5.75 Å². The third kappa shape index (κ3) is 5.10. The molecule has 0 atom stereocenters. The summed E-state index contributed by atoms with van der Waals surface area (Å²) in [5.74, 6) is -0.710. The molecule has 0 fully saturated rings. The molecule has 0 saturated heterocycles. The number of carboxylic acid groups (broad SMARTS) is 1. The number of benzene rings is 2. The van der Waals surface area contributed by atoms with Crippen LogP contribution in [0.3, 0.4) is 0 Å². The molecule has 23 heavy (non-hydrogen) atoms. The van der Waals surface area contributed by atoms with Crippen LogP contribution in [0, 0.1) is 6.92 Å². The first-order valence-corrected chi connectivity index (χ1v) is 7.77. The van der Waals surface area contributed by atoms with Crippen molar-refractivity contribution in [2.75, 3.05) is 11.9 Å². The Morgan fingerprint density at radius 3 is 2.52 bits per heavy atom. The van der Waals surface area contributed by atoms with Gasteiger partial charge in [0.05, 0.1) is 24.3 Å². The van der Waals surface area contributed by atoms with Crippen LogP contribution in [-0.4, -0.2) is 23.6 Å². The number of halogens is 1. The lowest BCUT2D eigenvalue weighted by Gasteiger charge is -2.10. The Hall–Kier alpha value is -2.34. The minimum Gasteiger partial charge on any atom is -0.493 e. The van der Waals surface area contributed by atoms with Crippen LogP contribution in [-0.2, 0) is 4.79 Å². The lowest BCUT2D eigenvalue weighted by atomic mass is 10.2. The molecule has 0 saturated carbocycles. The summed E-state index contributed by atoms with van der Waals surface area (Å²) in [5.41, 5.74) is 1.43. The van der Waals surface area contributed by atoms with Crippen LogP contribution >= 0.6 is 15.9 Å². The second-order valence-corrected chi connectivity index (χ2v) is 5.87. The highest BCUT2D eigenvalue weighted by molar-refractivity contribution is 9.10. The summed E-state index contributed by atoms with van der Waals surface area (Å²) in [7, 11) is 0. The number of rotatable bonds is 6. The molecule has 120 valence electrons. The molecule has 0 aromatic heterocycles. The molecule has 0 aliphatic carbocycles. The second kappa shape index (κ2) is 7.78. The predicted octanol–water partition coefficient (Wildman–Crippen LogP) is 3.86. The van der Waals surface area contributed by atoms with Crippen molar-refractivity contribution in [1.82, 2.24) is 0 Å². The number of anilines is 1. The van der Waals surface area contributed by atoms with Crippen molar-refractivity contribution >= 4 is 33.5 Å². The molecule has 1 amide bonds. The number of carbonyl (C=O) groups excluding carboxylic acids is 1. The van der Waals surface area contributed by atoms with E-state index in [1.54, 1.807) is 12.1 Å². The Kier molecular flexibility index (Phi) is 5.76. The van der Waals surface area contributed by atoms with Gasteiger partial charge in [0.25, 0.3) is 0 Å². The van der Waals surface area contributed by atoms with Gasteiger partial charge in [0.1, 0.15) is 5.75 Å². The van der Waals surface area contributed by atoms with E-state index in [0.29, 0.717) is 10.2 Å². The van der Waals surface area contributed by atoms with Gasteiger partial charge >= 0.3 is 5.97 Å². The number of nitrogens with one attached hydrogen (secondary N) is 1. The zero-order chi connectivity index (χ0) is 16.8. The second-order valence-electron chi connectivity index (χ2n) is 4.95. The van der Waals surface area contributed by atoms with Gasteiger partial charge in [-0.15, -0.1) is 0 Å². The fourth-order valence-corrected chi connectivity index (χ4v) is 2.27. The van der Waals surface area contributed by atoms with Crippen molar-refractivity contribution in [2.45, 2.75) is 13.3 Å². The number of carbonyl (C=O) groups is 2. The maximum atomic E-state index is 11.9. The van der Waals surface area contributed by atoms with Gasteiger partial charge in [-0.3, -0.25) is 4.79 Å². The Balaban J connectivity index is 1.90. The molecular weight excluding hydrogens is 362 g/mol. The Morgan fingerprint density at radius 1 is 1.17 bits per heavy atom.